The second-order valence-electron chi connectivity index (χ2n) is 5.20. The quantitative estimate of drug-likeness (QED) is 0.782. The molecule has 1 rings (SSSR count). The number of urea groups is 1. The van der Waals surface area contributed by atoms with Crippen molar-refractivity contribution < 1.29 is 19.8 Å². The average Bonchev–Trinajstić information content (AvgIpc) is 2.27. The van der Waals surface area contributed by atoms with Crippen molar-refractivity contribution in [2.24, 2.45) is 0 Å². The first kappa shape index (κ1) is 14.8. The molecule has 0 aliphatic carbocycles. The third-order valence-corrected chi connectivity index (χ3v) is 3.45. The monoisotopic (exact) mass is 258 g/mol. The highest BCUT2D eigenvalue weighted by molar-refractivity contribution is 5.86. The van der Waals surface area contributed by atoms with Gasteiger partial charge < -0.3 is 20.0 Å². The van der Waals surface area contributed by atoms with E-state index in [2.05, 4.69) is 0 Å². The minimum Gasteiger partial charge on any atom is -0.480 e. The fourth-order valence-electron chi connectivity index (χ4n) is 2.33. The Balaban J connectivity index is 2.84. The molecule has 104 valence electrons. The van der Waals surface area contributed by atoms with Crippen molar-refractivity contribution in [3.8, 4) is 0 Å². The molecule has 1 aliphatic heterocycles. The molecule has 6 heteroatoms. The molecule has 0 spiro atoms. The largest absolute Gasteiger partial charge is 0.480 e. The van der Waals surface area contributed by atoms with Crippen LogP contribution in [0.4, 0.5) is 4.79 Å². The number of hydrogen-bond acceptors (Lipinski definition) is 3. The van der Waals surface area contributed by atoms with Crippen molar-refractivity contribution in [1.29, 1.82) is 0 Å². The van der Waals surface area contributed by atoms with E-state index in [1.54, 1.807) is 20.9 Å². The molecule has 0 bridgehead atoms. The number of carbonyl (C=O) groups excluding carboxylic acids is 1. The Morgan fingerprint density at radius 2 is 2.06 bits per heavy atom. The number of carbonyl (C=O) groups is 2. The van der Waals surface area contributed by atoms with Gasteiger partial charge in [0.2, 0.25) is 0 Å². The maximum absolute atomic E-state index is 12.2. The zero-order valence-electron chi connectivity index (χ0n) is 11.2. The van der Waals surface area contributed by atoms with Gasteiger partial charge in [0.1, 0.15) is 5.54 Å². The highest BCUT2D eigenvalue weighted by Crippen LogP contribution is 2.29. The molecular weight excluding hydrogens is 236 g/mol. The van der Waals surface area contributed by atoms with Crippen molar-refractivity contribution in [2.75, 3.05) is 20.1 Å². The highest BCUT2D eigenvalue weighted by Gasteiger charge is 2.44. The van der Waals surface area contributed by atoms with E-state index >= 15 is 0 Å². The number of aliphatic hydroxyl groups is 1. The average molecular weight is 258 g/mol. The summed E-state index contributed by atoms with van der Waals surface area (Å²) in [5.41, 5.74) is -1.14. The Hall–Kier alpha value is -1.30. The smallest absolute Gasteiger partial charge is 0.329 e. The molecule has 2 N–H and O–H groups in total. The van der Waals surface area contributed by atoms with Crippen LogP contribution in [0.5, 0.6) is 0 Å². The summed E-state index contributed by atoms with van der Waals surface area (Å²) in [7, 11) is 1.58. The normalized spacial score (nSPS) is 25.7. The summed E-state index contributed by atoms with van der Waals surface area (Å²) >= 11 is 0. The molecule has 1 aliphatic rings. The first-order valence-corrected chi connectivity index (χ1v) is 6.23. The number of likely N-dealkylation sites (tertiary alicyclic amines) is 1. The number of rotatable bonds is 3. The van der Waals surface area contributed by atoms with Crippen LogP contribution in [0.2, 0.25) is 0 Å². The highest BCUT2D eigenvalue weighted by atomic mass is 16.4. The fraction of sp³-hybridized carbons (Fsp3) is 0.833. The van der Waals surface area contributed by atoms with Crippen LogP contribution in [0.3, 0.4) is 0 Å². The van der Waals surface area contributed by atoms with Gasteiger partial charge in [-0.3, -0.25) is 0 Å². The van der Waals surface area contributed by atoms with Crippen LogP contribution in [0.25, 0.3) is 0 Å². The SMILES string of the molecule is CC(O)CN(C)C(=O)N1CCCCC1(C)C(=O)O. The van der Waals surface area contributed by atoms with Crippen LogP contribution in [0.1, 0.15) is 33.1 Å². The second-order valence-corrected chi connectivity index (χ2v) is 5.20. The molecule has 0 aromatic heterocycles. The van der Waals surface area contributed by atoms with Crippen molar-refractivity contribution in [1.82, 2.24) is 9.80 Å². The summed E-state index contributed by atoms with van der Waals surface area (Å²) in [6, 6.07) is -0.333. The van der Waals surface area contributed by atoms with Gasteiger partial charge in [0.15, 0.2) is 0 Å². The molecule has 0 aromatic carbocycles. The summed E-state index contributed by atoms with van der Waals surface area (Å²) in [5.74, 6) is -0.971. The first-order valence-electron chi connectivity index (χ1n) is 6.23. The molecule has 1 saturated heterocycles. The van der Waals surface area contributed by atoms with Crippen molar-refractivity contribution in [3.05, 3.63) is 0 Å². The summed E-state index contributed by atoms with van der Waals surface area (Å²) in [6.07, 6.45) is 1.47. The summed E-state index contributed by atoms with van der Waals surface area (Å²) in [5, 5.41) is 18.6. The number of aliphatic carboxylic acids is 1. The fourth-order valence-corrected chi connectivity index (χ4v) is 2.33. The lowest BCUT2D eigenvalue weighted by molar-refractivity contribution is -0.150. The first-order chi connectivity index (χ1) is 8.29. The Labute approximate surface area is 107 Å². The predicted octanol–water partition coefficient (Wildman–Crippen LogP) is 0.748. The number of piperidine rings is 1. The van der Waals surface area contributed by atoms with E-state index in [1.165, 1.54) is 9.80 Å². The van der Waals surface area contributed by atoms with Gasteiger partial charge in [0.25, 0.3) is 0 Å². The Bertz CT molecular complexity index is 332. The van der Waals surface area contributed by atoms with Gasteiger partial charge in [-0.05, 0) is 33.1 Å². The number of nitrogens with zero attached hydrogens (tertiary/aromatic N) is 2. The predicted molar refractivity (Wildman–Crippen MR) is 66.3 cm³/mol. The van der Waals surface area contributed by atoms with E-state index < -0.39 is 17.6 Å². The molecule has 2 unspecified atom stereocenters. The summed E-state index contributed by atoms with van der Waals surface area (Å²) in [6.45, 7) is 3.83. The molecule has 0 aromatic rings. The molecule has 1 fully saturated rings. The number of likely N-dealkylation sites (N-methyl/N-ethyl adjacent to an activating group) is 1. The van der Waals surface area contributed by atoms with E-state index in [0.29, 0.717) is 13.0 Å². The van der Waals surface area contributed by atoms with Gasteiger partial charge in [-0.2, -0.15) is 0 Å². The van der Waals surface area contributed by atoms with E-state index in [9.17, 15) is 19.8 Å². The number of carboxylic acid groups (broad SMARTS) is 1. The van der Waals surface area contributed by atoms with Crippen molar-refractivity contribution in [2.45, 2.75) is 44.8 Å². The van der Waals surface area contributed by atoms with Gasteiger partial charge in [-0.15, -0.1) is 0 Å². The van der Waals surface area contributed by atoms with Crippen LogP contribution in [0.15, 0.2) is 0 Å². The standard InChI is InChI=1S/C12H22N2O4/c1-9(15)8-13(3)11(18)14-7-5-4-6-12(14,2)10(16)17/h9,15H,4-8H2,1-3H3,(H,16,17). The van der Waals surface area contributed by atoms with Gasteiger partial charge in [-0.25, -0.2) is 9.59 Å². The molecule has 18 heavy (non-hydrogen) atoms. The molecule has 1 heterocycles. The topological polar surface area (TPSA) is 81.1 Å². The Morgan fingerprint density at radius 3 is 2.56 bits per heavy atom. The third-order valence-electron chi connectivity index (χ3n) is 3.45. The van der Waals surface area contributed by atoms with Crippen LogP contribution in [-0.2, 0) is 4.79 Å². The molecule has 2 atom stereocenters. The van der Waals surface area contributed by atoms with E-state index in [-0.39, 0.29) is 12.6 Å². The van der Waals surface area contributed by atoms with Crippen LogP contribution < -0.4 is 0 Å². The number of hydrogen-bond donors (Lipinski definition) is 2. The van der Waals surface area contributed by atoms with E-state index in [0.717, 1.165) is 12.8 Å². The van der Waals surface area contributed by atoms with Gasteiger partial charge >= 0.3 is 12.0 Å². The lowest BCUT2D eigenvalue weighted by Gasteiger charge is -2.43. The lowest BCUT2D eigenvalue weighted by atomic mass is 9.89. The maximum Gasteiger partial charge on any atom is 0.329 e. The molecule has 0 radical (unpaired) electrons. The molecule has 0 saturated carbocycles. The Kier molecular flexibility index (Phi) is 4.56. The number of aliphatic hydroxyl groups excluding tert-OH is 1. The third kappa shape index (κ3) is 2.93. The van der Waals surface area contributed by atoms with Crippen LogP contribution in [0, 0.1) is 0 Å². The van der Waals surface area contributed by atoms with Crippen LogP contribution in [-0.4, -0.2) is 63.8 Å². The summed E-state index contributed by atoms with van der Waals surface area (Å²) < 4.78 is 0. The minimum absolute atomic E-state index is 0.199. The number of amides is 2. The minimum atomic E-state index is -1.14. The maximum atomic E-state index is 12.2. The Morgan fingerprint density at radius 1 is 1.44 bits per heavy atom. The van der Waals surface area contributed by atoms with Crippen LogP contribution >= 0.6 is 0 Å². The summed E-state index contributed by atoms with van der Waals surface area (Å²) in [4.78, 5) is 26.4. The molecule has 2 amide bonds. The second kappa shape index (κ2) is 5.56. The van der Waals surface area contributed by atoms with Crippen molar-refractivity contribution in [3.63, 3.8) is 0 Å². The number of carboxylic acids is 1. The van der Waals surface area contributed by atoms with Gasteiger partial charge in [0.05, 0.1) is 6.10 Å². The van der Waals surface area contributed by atoms with Gasteiger partial charge in [-0.1, -0.05) is 0 Å². The molecule has 6 nitrogen and oxygen atoms in total. The van der Waals surface area contributed by atoms with Crippen molar-refractivity contribution >= 4 is 12.0 Å². The zero-order chi connectivity index (χ0) is 13.9. The van der Waals surface area contributed by atoms with E-state index in [4.69, 9.17) is 0 Å². The lowest BCUT2D eigenvalue weighted by Crippen LogP contribution is -2.60. The van der Waals surface area contributed by atoms with Gasteiger partial charge in [0, 0.05) is 20.1 Å². The van der Waals surface area contributed by atoms with E-state index in [1.807, 2.05) is 0 Å². The molecular formula is C12H22N2O4. The zero-order valence-corrected chi connectivity index (χ0v) is 11.2.